The van der Waals surface area contributed by atoms with Crippen molar-refractivity contribution in [1.82, 2.24) is 15.3 Å². The molecule has 1 aliphatic rings. The van der Waals surface area contributed by atoms with E-state index in [9.17, 15) is 9.59 Å². The minimum absolute atomic E-state index is 0.261. The van der Waals surface area contributed by atoms with Gasteiger partial charge in [-0.3, -0.25) is 9.59 Å². The molecule has 0 spiro atoms. The van der Waals surface area contributed by atoms with Gasteiger partial charge in [0.2, 0.25) is 0 Å². The Morgan fingerprint density at radius 3 is 2.87 bits per heavy atom. The first-order valence-corrected chi connectivity index (χ1v) is 5.18. The lowest BCUT2D eigenvalue weighted by Gasteiger charge is -1.92. The monoisotopic (exact) mass is 239 g/mol. The van der Waals surface area contributed by atoms with Crippen LogP contribution in [0.5, 0.6) is 0 Å². The number of amides is 1. The number of hydrogen-bond acceptors (Lipinski definition) is 5. The van der Waals surface area contributed by atoms with Gasteiger partial charge in [-0.05, 0) is 0 Å². The maximum Gasteiger partial charge on any atom is 0.263 e. The van der Waals surface area contributed by atoms with Gasteiger partial charge in [0.15, 0.2) is 0 Å². The van der Waals surface area contributed by atoms with E-state index in [2.05, 4.69) is 15.3 Å². The zero-order chi connectivity index (χ0) is 10.8. The molecule has 2 N–H and O–H groups in total. The molecular weight excluding hydrogens is 234 g/mol. The number of nitrogens with one attached hydrogen (secondary N) is 2. The Balaban J connectivity index is 2.35. The number of nitrogens with zero attached hydrogens (tertiary/aromatic N) is 1. The SMILES string of the molecule is O=C1NC(=S)S/C1=C\c1nccc(=O)[nH]1. The van der Waals surface area contributed by atoms with E-state index in [4.69, 9.17) is 12.2 Å². The highest BCUT2D eigenvalue weighted by atomic mass is 32.2. The second-order valence-electron chi connectivity index (χ2n) is 2.67. The minimum atomic E-state index is -0.267. The lowest BCUT2D eigenvalue weighted by atomic mass is 10.4. The summed E-state index contributed by atoms with van der Waals surface area (Å²) in [7, 11) is 0. The molecule has 76 valence electrons. The number of carbonyl (C=O) groups is 1. The van der Waals surface area contributed by atoms with Crippen molar-refractivity contribution in [2.75, 3.05) is 0 Å². The van der Waals surface area contributed by atoms with E-state index in [1.807, 2.05) is 0 Å². The van der Waals surface area contributed by atoms with Gasteiger partial charge in [-0.2, -0.15) is 0 Å². The Hall–Kier alpha value is -1.47. The zero-order valence-corrected chi connectivity index (χ0v) is 8.95. The maximum absolute atomic E-state index is 11.3. The van der Waals surface area contributed by atoms with E-state index in [1.54, 1.807) is 0 Å². The van der Waals surface area contributed by atoms with Gasteiger partial charge in [-0.25, -0.2) is 4.98 Å². The molecule has 0 atom stereocenters. The van der Waals surface area contributed by atoms with Gasteiger partial charge < -0.3 is 10.3 Å². The molecule has 0 bridgehead atoms. The van der Waals surface area contributed by atoms with Crippen LogP contribution in [0, 0.1) is 0 Å². The summed E-state index contributed by atoms with van der Waals surface area (Å²) in [5, 5.41) is 2.47. The Bertz CT molecular complexity index is 521. The van der Waals surface area contributed by atoms with Crippen molar-refractivity contribution in [1.29, 1.82) is 0 Å². The van der Waals surface area contributed by atoms with Crippen molar-refractivity contribution < 1.29 is 4.79 Å². The molecule has 1 amide bonds. The van der Waals surface area contributed by atoms with Crippen LogP contribution in [-0.2, 0) is 4.79 Å². The number of carbonyl (C=O) groups excluding carboxylic acids is 1. The average molecular weight is 239 g/mol. The third-order valence-corrected chi connectivity index (χ3v) is 2.76. The van der Waals surface area contributed by atoms with Crippen LogP contribution in [0.25, 0.3) is 6.08 Å². The normalized spacial score (nSPS) is 18.3. The van der Waals surface area contributed by atoms with Crippen LogP contribution in [0.3, 0.4) is 0 Å². The van der Waals surface area contributed by atoms with Crippen LogP contribution in [0.15, 0.2) is 22.0 Å². The number of H-pyrrole nitrogens is 1. The highest BCUT2D eigenvalue weighted by Crippen LogP contribution is 2.24. The van der Waals surface area contributed by atoms with Gasteiger partial charge in [0.05, 0.1) is 4.91 Å². The van der Waals surface area contributed by atoms with Crippen molar-refractivity contribution >= 4 is 40.3 Å². The van der Waals surface area contributed by atoms with E-state index < -0.39 is 0 Å². The lowest BCUT2D eigenvalue weighted by molar-refractivity contribution is -0.115. The Morgan fingerprint density at radius 1 is 1.47 bits per heavy atom. The van der Waals surface area contributed by atoms with Gasteiger partial charge in [0, 0.05) is 18.3 Å². The number of aromatic nitrogens is 2. The average Bonchev–Trinajstić information content (AvgIpc) is 2.45. The molecular formula is C8H5N3O2S2. The molecule has 0 unspecified atom stereocenters. The predicted octanol–water partition coefficient (Wildman–Crippen LogP) is 0.259. The zero-order valence-electron chi connectivity index (χ0n) is 7.31. The van der Waals surface area contributed by atoms with E-state index in [0.29, 0.717) is 15.1 Å². The number of hydrogen-bond donors (Lipinski definition) is 2. The number of thioether (sulfide) groups is 1. The van der Waals surface area contributed by atoms with Gasteiger partial charge in [-0.15, -0.1) is 0 Å². The second-order valence-corrected chi connectivity index (χ2v) is 4.39. The highest BCUT2D eigenvalue weighted by molar-refractivity contribution is 8.26. The number of thiocarbonyl (C=S) groups is 1. The molecule has 0 saturated carbocycles. The molecule has 0 aromatic carbocycles. The molecule has 2 heterocycles. The molecule has 1 fully saturated rings. The molecule has 5 nitrogen and oxygen atoms in total. The standard InChI is InChI=1S/C8H5N3O2S2/c12-6-1-2-9-5(10-6)3-4-7(13)11-8(14)15-4/h1-3H,(H,9,10,12)(H,11,13,14)/b4-3-. The largest absolute Gasteiger partial charge is 0.307 e. The molecule has 0 radical (unpaired) electrons. The van der Waals surface area contributed by atoms with E-state index >= 15 is 0 Å². The van der Waals surface area contributed by atoms with E-state index in [0.717, 1.165) is 11.8 Å². The summed E-state index contributed by atoms with van der Waals surface area (Å²) in [4.78, 5) is 29.0. The minimum Gasteiger partial charge on any atom is -0.307 e. The second kappa shape index (κ2) is 3.95. The first kappa shape index (κ1) is 10.1. The van der Waals surface area contributed by atoms with Crippen molar-refractivity contribution in [2.45, 2.75) is 0 Å². The molecule has 7 heteroatoms. The quantitative estimate of drug-likeness (QED) is 0.543. The molecule has 1 saturated heterocycles. The summed E-state index contributed by atoms with van der Waals surface area (Å²) in [6.07, 6.45) is 2.86. The summed E-state index contributed by atoms with van der Waals surface area (Å²) in [6.45, 7) is 0. The van der Waals surface area contributed by atoms with Crippen LogP contribution >= 0.6 is 24.0 Å². The topological polar surface area (TPSA) is 74.8 Å². The third kappa shape index (κ3) is 2.31. The first-order chi connectivity index (χ1) is 7.15. The Morgan fingerprint density at radius 2 is 2.27 bits per heavy atom. The summed E-state index contributed by atoms with van der Waals surface area (Å²) in [5.74, 6) is 0.0707. The summed E-state index contributed by atoms with van der Waals surface area (Å²) in [5.41, 5.74) is -0.261. The van der Waals surface area contributed by atoms with Gasteiger partial charge >= 0.3 is 0 Å². The van der Waals surface area contributed by atoms with Crippen molar-refractivity contribution in [3.63, 3.8) is 0 Å². The maximum atomic E-state index is 11.3. The molecule has 15 heavy (non-hydrogen) atoms. The van der Waals surface area contributed by atoms with Crippen molar-refractivity contribution in [3.05, 3.63) is 33.3 Å². The fourth-order valence-electron chi connectivity index (χ4n) is 1.00. The van der Waals surface area contributed by atoms with Gasteiger partial charge in [0.25, 0.3) is 11.5 Å². The van der Waals surface area contributed by atoms with Gasteiger partial charge in [-0.1, -0.05) is 24.0 Å². The smallest absolute Gasteiger partial charge is 0.263 e. The summed E-state index contributed by atoms with van der Waals surface area (Å²) >= 11 is 5.96. The number of rotatable bonds is 1. The highest BCUT2D eigenvalue weighted by Gasteiger charge is 2.22. The fourth-order valence-corrected chi connectivity index (χ4v) is 2.02. The lowest BCUT2D eigenvalue weighted by Crippen LogP contribution is -2.17. The summed E-state index contributed by atoms with van der Waals surface area (Å²) < 4.78 is 0.407. The van der Waals surface area contributed by atoms with Gasteiger partial charge in [0.1, 0.15) is 10.1 Å². The molecule has 0 aliphatic carbocycles. The van der Waals surface area contributed by atoms with Crippen LogP contribution in [0.4, 0.5) is 0 Å². The molecule has 1 aromatic rings. The van der Waals surface area contributed by atoms with Crippen LogP contribution in [0.2, 0.25) is 0 Å². The van der Waals surface area contributed by atoms with Crippen molar-refractivity contribution in [3.8, 4) is 0 Å². The Labute approximate surface area is 94.0 Å². The first-order valence-electron chi connectivity index (χ1n) is 3.95. The predicted molar refractivity (Wildman–Crippen MR) is 61.2 cm³/mol. The van der Waals surface area contributed by atoms with Crippen molar-refractivity contribution in [2.24, 2.45) is 0 Å². The molecule has 1 aromatic heterocycles. The van der Waals surface area contributed by atoms with Crippen LogP contribution in [-0.4, -0.2) is 20.2 Å². The third-order valence-electron chi connectivity index (χ3n) is 1.60. The van der Waals surface area contributed by atoms with E-state index in [-0.39, 0.29) is 11.5 Å². The van der Waals surface area contributed by atoms with E-state index in [1.165, 1.54) is 18.3 Å². The van der Waals surface area contributed by atoms with Crippen LogP contribution in [0.1, 0.15) is 5.82 Å². The number of aromatic amines is 1. The fraction of sp³-hybridized carbons (Fsp3) is 0. The molecule has 1 aliphatic heterocycles. The molecule has 2 rings (SSSR count). The van der Waals surface area contributed by atoms with Crippen LogP contribution < -0.4 is 10.9 Å². The summed E-state index contributed by atoms with van der Waals surface area (Å²) in [6, 6.07) is 1.30. The Kier molecular flexibility index (Phi) is 2.65.